The number of fused-ring (bicyclic) bond motifs is 1. The van der Waals surface area contributed by atoms with Gasteiger partial charge in [0.2, 0.25) is 10.0 Å². The fourth-order valence-electron chi connectivity index (χ4n) is 2.96. The molecule has 3 rings (SSSR count). The van der Waals surface area contributed by atoms with Crippen molar-refractivity contribution in [1.29, 1.82) is 0 Å². The van der Waals surface area contributed by atoms with Gasteiger partial charge in [-0.05, 0) is 43.3 Å². The van der Waals surface area contributed by atoms with Gasteiger partial charge < -0.3 is 9.84 Å². The molecule has 1 heterocycles. The summed E-state index contributed by atoms with van der Waals surface area (Å²) in [5.74, 6) is -2.07. The lowest BCUT2D eigenvalue weighted by atomic mass is 10.1. The predicted molar refractivity (Wildman–Crippen MR) is 110 cm³/mol. The zero-order chi connectivity index (χ0) is 22.8. The van der Waals surface area contributed by atoms with Crippen molar-refractivity contribution in [2.45, 2.75) is 24.0 Å². The summed E-state index contributed by atoms with van der Waals surface area (Å²) in [6.45, 7) is 0.644. The van der Waals surface area contributed by atoms with Crippen molar-refractivity contribution in [2.75, 3.05) is 13.2 Å². The van der Waals surface area contributed by atoms with Gasteiger partial charge in [-0.2, -0.15) is 4.72 Å². The van der Waals surface area contributed by atoms with Gasteiger partial charge in [0.1, 0.15) is 12.6 Å². The third-order valence-corrected chi connectivity index (χ3v) is 6.29. The van der Waals surface area contributed by atoms with Crippen LogP contribution in [0.3, 0.4) is 0 Å². The van der Waals surface area contributed by atoms with E-state index in [4.69, 9.17) is 16.3 Å². The molecule has 0 unspecified atom stereocenters. The van der Waals surface area contributed by atoms with E-state index in [0.717, 1.165) is 4.90 Å². The highest BCUT2D eigenvalue weighted by Gasteiger charge is 2.36. The van der Waals surface area contributed by atoms with E-state index in [1.165, 1.54) is 43.3 Å². The monoisotopic (exact) mass is 466 g/mol. The van der Waals surface area contributed by atoms with Gasteiger partial charge >= 0.3 is 5.97 Å². The van der Waals surface area contributed by atoms with Gasteiger partial charge in [0.25, 0.3) is 11.8 Å². The Labute approximate surface area is 183 Å². The Bertz CT molecular complexity index is 1080. The molecule has 11 heteroatoms. The Hall–Kier alpha value is -2.79. The van der Waals surface area contributed by atoms with Crippen LogP contribution >= 0.6 is 11.6 Å². The third kappa shape index (κ3) is 4.93. The zero-order valence-corrected chi connectivity index (χ0v) is 17.9. The predicted octanol–water partition coefficient (Wildman–Crippen LogP) is 1.21. The number of nitrogens with one attached hydrogen (secondary N) is 1. The van der Waals surface area contributed by atoms with E-state index in [0.29, 0.717) is 5.02 Å². The highest BCUT2D eigenvalue weighted by molar-refractivity contribution is 7.89. The highest BCUT2D eigenvalue weighted by Crippen LogP contribution is 2.22. The van der Waals surface area contributed by atoms with E-state index in [-0.39, 0.29) is 29.2 Å². The molecule has 1 aliphatic rings. The summed E-state index contributed by atoms with van der Waals surface area (Å²) in [5.41, 5.74) is 0.521. The first kappa shape index (κ1) is 22.9. The number of aliphatic hydroxyl groups is 1. The largest absolute Gasteiger partial charge is 0.463 e. The van der Waals surface area contributed by atoms with Crippen molar-refractivity contribution in [3.8, 4) is 0 Å². The second-order valence-corrected chi connectivity index (χ2v) is 8.92. The van der Waals surface area contributed by atoms with Crippen LogP contribution in [0.1, 0.15) is 27.6 Å². The SMILES string of the molecule is C[C@H](O)[C@@H](NS(=O)(=O)c1ccc(Cl)cc1)C(=O)OCCN1C(=O)c2ccccc2C1=O. The third-order valence-electron chi connectivity index (χ3n) is 4.58. The highest BCUT2D eigenvalue weighted by atomic mass is 35.5. The fraction of sp³-hybridized carbons (Fsp3) is 0.250. The minimum Gasteiger partial charge on any atom is -0.463 e. The number of carbonyl (C=O) groups is 3. The summed E-state index contributed by atoms with van der Waals surface area (Å²) < 4.78 is 32.1. The molecule has 2 aromatic carbocycles. The Morgan fingerprint density at radius 3 is 2.16 bits per heavy atom. The van der Waals surface area contributed by atoms with Gasteiger partial charge in [-0.3, -0.25) is 19.3 Å². The molecule has 2 N–H and O–H groups in total. The second-order valence-electron chi connectivity index (χ2n) is 6.77. The molecule has 2 amide bonds. The average Bonchev–Trinajstić information content (AvgIpc) is 2.97. The number of benzene rings is 2. The quantitative estimate of drug-likeness (QED) is 0.441. The molecule has 0 radical (unpaired) electrons. The van der Waals surface area contributed by atoms with E-state index in [2.05, 4.69) is 4.72 Å². The van der Waals surface area contributed by atoms with Crippen LogP contribution in [0.5, 0.6) is 0 Å². The Morgan fingerprint density at radius 1 is 1.10 bits per heavy atom. The molecule has 0 spiro atoms. The fourth-order valence-corrected chi connectivity index (χ4v) is 4.35. The van der Waals surface area contributed by atoms with Crippen molar-refractivity contribution in [3.63, 3.8) is 0 Å². The molecular formula is C20H19ClN2O7S. The smallest absolute Gasteiger partial charge is 0.326 e. The molecule has 0 saturated heterocycles. The normalized spacial score (nSPS) is 15.5. The topological polar surface area (TPSA) is 130 Å². The second kappa shape index (κ2) is 9.15. The van der Waals surface area contributed by atoms with Crippen LogP contribution in [0.4, 0.5) is 0 Å². The molecule has 0 aliphatic carbocycles. The first-order valence-electron chi connectivity index (χ1n) is 9.19. The van der Waals surface area contributed by atoms with Crippen molar-refractivity contribution in [3.05, 3.63) is 64.7 Å². The van der Waals surface area contributed by atoms with E-state index >= 15 is 0 Å². The first-order chi connectivity index (χ1) is 14.6. The van der Waals surface area contributed by atoms with Crippen molar-refractivity contribution in [1.82, 2.24) is 9.62 Å². The average molecular weight is 467 g/mol. The lowest BCUT2D eigenvalue weighted by Gasteiger charge is -2.21. The maximum Gasteiger partial charge on any atom is 0.326 e. The van der Waals surface area contributed by atoms with Gasteiger partial charge in [0.15, 0.2) is 0 Å². The Kier molecular flexibility index (Phi) is 6.75. The van der Waals surface area contributed by atoms with Crippen LogP contribution in [0, 0.1) is 0 Å². The molecule has 0 bridgehead atoms. The number of esters is 1. The maximum absolute atomic E-state index is 12.5. The lowest BCUT2D eigenvalue weighted by molar-refractivity contribution is -0.148. The minimum atomic E-state index is -4.15. The molecule has 164 valence electrons. The minimum absolute atomic E-state index is 0.152. The van der Waals surface area contributed by atoms with E-state index in [1.807, 2.05) is 0 Å². The number of hydrogen-bond donors (Lipinski definition) is 2. The van der Waals surface area contributed by atoms with Gasteiger partial charge in [-0.15, -0.1) is 0 Å². The van der Waals surface area contributed by atoms with Crippen molar-refractivity contribution in [2.24, 2.45) is 0 Å². The molecule has 0 fully saturated rings. The number of amides is 2. The molecule has 2 aromatic rings. The molecule has 0 aromatic heterocycles. The van der Waals surface area contributed by atoms with Gasteiger partial charge in [-0.1, -0.05) is 23.7 Å². The number of carbonyl (C=O) groups excluding carboxylic acids is 3. The molecular weight excluding hydrogens is 448 g/mol. The number of nitrogens with zero attached hydrogens (tertiary/aromatic N) is 1. The van der Waals surface area contributed by atoms with E-state index < -0.39 is 40.0 Å². The first-order valence-corrected chi connectivity index (χ1v) is 11.1. The van der Waals surface area contributed by atoms with Crippen molar-refractivity contribution < 1.29 is 32.6 Å². The number of halogens is 1. The number of aliphatic hydroxyl groups excluding tert-OH is 1. The van der Waals surface area contributed by atoms with Gasteiger partial charge in [0, 0.05) is 5.02 Å². The Balaban J connectivity index is 1.62. The van der Waals surface area contributed by atoms with Crippen LogP contribution in [0.15, 0.2) is 53.4 Å². The van der Waals surface area contributed by atoms with Gasteiger partial charge in [-0.25, -0.2) is 8.42 Å². The summed E-state index contributed by atoms with van der Waals surface area (Å²) >= 11 is 5.75. The number of sulfonamides is 1. The van der Waals surface area contributed by atoms with Crippen LogP contribution < -0.4 is 4.72 Å². The van der Waals surface area contributed by atoms with Crippen LogP contribution in [-0.4, -0.2) is 61.5 Å². The van der Waals surface area contributed by atoms with Gasteiger partial charge in [0.05, 0.1) is 28.7 Å². The molecule has 1 aliphatic heterocycles. The standard InChI is InChI=1S/C20H19ClN2O7S/c1-12(24)17(22-31(28,29)14-8-6-13(21)7-9-14)20(27)30-11-10-23-18(25)15-4-2-3-5-16(15)19(23)26/h2-9,12,17,22,24H,10-11H2,1H3/t12-,17+/m0/s1. The van der Waals surface area contributed by atoms with Crippen molar-refractivity contribution >= 4 is 39.4 Å². The maximum atomic E-state index is 12.5. The molecule has 31 heavy (non-hydrogen) atoms. The van der Waals surface area contributed by atoms with E-state index in [9.17, 15) is 27.9 Å². The van der Waals surface area contributed by atoms with Crippen LogP contribution in [0.2, 0.25) is 5.02 Å². The number of imide groups is 1. The summed E-state index contributed by atoms with van der Waals surface area (Å²) in [7, 11) is -4.15. The zero-order valence-electron chi connectivity index (χ0n) is 16.3. The lowest BCUT2D eigenvalue weighted by Crippen LogP contribution is -2.48. The number of rotatable bonds is 8. The number of hydrogen-bond acceptors (Lipinski definition) is 7. The summed E-state index contributed by atoms with van der Waals surface area (Å²) in [6, 6.07) is 9.95. The molecule has 0 saturated carbocycles. The summed E-state index contributed by atoms with van der Waals surface area (Å²) in [6.07, 6.45) is -1.41. The number of ether oxygens (including phenoxy) is 1. The molecule has 2 atom stereocenters. The van der Waals surface area contributed by atoms with Crippen LogP contribution in [0.25, 0.3) is 0 Å². The van der Waals surface area contributed by atoms with Crippen LogP contribution in [-0.2, 0) is 19.6 Å². The summed E-state index contributed by atoms with van der Waals surface area (Å²) in [5, 5.41) is 10.2. The Morgan fingerprint density at radius 2 is 1.65 bits per heavy atom. The summed E-state index contributed by atoms with van der Waals surface area (Å²) in [4.78, 5) is 37.8. The van der Waals surface area contributed by atoms with E-state index in [1.54, 1.807) is 12.1 Å². The molecule has 9 nitrogen and oxygen atoms in total.